The van der Waals surface area contributed by atoms with Gasteiger partial charge in [0, 0.05) is 44.6 Å². The second-order valence-electron chi connectivity index (χ2n) is 6.39. The number of hydrogen-bond acceptors (Lipinski definition) is 5. The van der Waals surface area contributed by atoms with E-state index in [9.17, 15) is 4.79 Å². The molecule has 9 nitrogen and oxygen atoms in total. The third-order valence-corrected chi connectivity index (χ3v) is 3.80. The first-order valence-electron chi connectivity index (χ1n) is 8.50. The number of hydrogen-bond donors (Lipinski definition) is 3. The van der Waals surface area contributed by atoms with Crippen molar-refractivity contribution in [3.8, 4) is 11.1 Å². The molecule has 2 amide bonds. The van der Waals surface area contributed by atoms with E-state index in [0.29, 0.717) is 12.5 Å². The zero-order valence-electron chi connectivity index (χ0n) is 15.9. The van der Waals surface area contributed by atoms with Gasteiger partial charge in [-0.3, -0.25) is 0 Å². The molecule has 0 bridgehead atoms. The summed E-state index contributed by atoms with van der Waals surface area (Å²) < 4.78 is 0. The first-order chi connectivity index (χ1) is 12.8. The van der Waals surface area contributed by atoms with Gasteiger partial charge in [-0.2, -0.15) is 4.99 Å². The Bertz CT molecular complexity index is 784. The maximum Gasteiger partial charge on any atom is 0.344 e. The Morgan fingerprint density at radius 3 is 2.44 bits per heavy atom. The summed E-state index contributed by atoms with van der Waals surface area (Å²) in [5.41, 5.74) is 13.1. The van der Waals surface area contributed by atoms with Crippen molar-refractivity contribution < 1.29 is 4.79 Å². The monoisotopic (exact) mass is 370 g/mol. The molecule has 0 unspecified atom stereocenters. The standard InChI is InChI=1S/C18H26N8O/c1-25(2)7-8-26(3)17-21-11-15(12-22-17)14-6-4-5-13(9-14)10-23-18(27)24-16(19)20/h4-6,9,11-12H,7-8,10H2,1-3H3,(H5,19,20,23,24,27). The second kappa shape index (κ2) is 9.48. The fourth-order valence-corrected chi connectivity index (χ4v) is 2.31. The normalized spacial score (nSPS) is 10.5. The molecule has 27 heavy (non-hydrogen) atoms. The number of carbonyl (C=O) groups excluding carboxylic acids is 1. The van der Waals surface area contributed by atoms with E-state index < -0.39 is 6.03 Å². The quantitative estimate of drug-likeness (QED) is 0.482. The highest BCUT2D eigenvalue weighted by molar-refractivity contribution is 5.90. The number of nitrogens with two attached hydrogens (primary N) is 2. The summed E-state index contributed by atoms with van der Waals surface area (Å²) >= 11 is 0. The van der Waals surface area contributed by atoms with E-state index in [0.717, 1.165) is 29.8 Å². The van der Waals surface area contributed by atoms with E-state index in [1.54, 1.807) is 12.4 Å². The molecule has 0 aliphatic carbocycles. The van der Waals surface area contributed by atoms with Crippen molar-refractivity contribution in [2.75, 3.05) is 39.1 Å². The first kappa shape index (κ1) is 20.1. The van der Waals surface area contributed by atoms with Crippen LogP contribution in [0.1, 0.15) is 5.56 Å². The number of guanidine groups is 1. The summed E-state index contributed by atoms with van der Waals surface area (Å²) in [4.78, 5) is 27.9. The Kier molecular flexibility index (Phi) is 7.07. The molecule has 5 N–H and O–H groups in total. The van der Waals surface area contributed by atoms with Crippen molar-refractivity contribution in [2.45, 2.75) is 6.54 Å². The van der Waals surface area contributed by atoms with Crippen molar-refractivity contribution in [1.29, 1.82) is 0 Å². The van der Waals surface area contributed by atoms with Crippen molar-refractivity contribution >= 4 is 17.9 Å². The number of rotatable bonds is 7. The van der Waals surface area contributed by atoms with Gasteiger partial charge in [0.1, 0.15) is 0 Å². The number of nitrogens with zero attached hydrogens (tertiary/aromatic N) is 5. The van der Waals surface area contributed by atoms with Gasteiger partial charge in [0.05, 0.1) is 0 Å². The summed E-state index contributed by atoms with van der Waals surface area (Å²) in [6.07, 6.45) is 3.59. The highest BCUT2D eigenvalue weighted by Crippen LogP contribution is 2.20. The maximum atomic E-state index is 11.5. The van der Waals surface area contributed by atoms with Crippen LogP contribution in [0.25, 0.3) is 11.1 Å². The summed E-state index contributed by atoms with van der Waals surface area (Å²) in [7, 11) is 6.04. The molecule has 2 aromatic rings. The molecule has 9 heteroatoms. The Morgan fingerprint density at radius 2 is 1.81 bits per heavy atom. The van der Waals surface area contributed by atoms with Crippen LogP contribution in [0, 0.1) is 0 Å². The number of benzene rings is 1. The molecule has 1 aromatic heterocycles. The maximum absolute atomic E-state index is 11.5. The lowest BCUT2D eigenvalue weighted by molar-refractivity contribution is 0.249. The van der Waals surface area contributed by atoms with Crippen LogP contribution in [0.5, 0.6) is 0 Å². The lowest BCUT2D eigenvalue weighted by Crippen LogP contribution is -2.29. The Balaban J connectivity index is 2.03. The number of urea groups is 1. The summed E-state index contributed by atoms with van der Waals surface area (Å²) in [5.74, 6) is 0.412. The van der Waals surface area contributed by atoms with E-state index in [2.05, 4.69) is 25.2 Å². The highest BCUT2D eigenvalue weighted by Gasteiger charge is 2.07. The fourth-order valence-electron chi connectivity index (χ4n) is 2.31. The minimum Gasteiger partial charge on any atom is -0.370 e. The van der Waals surface area contributed by atoms with Crippen LogP contribution in [0.4, 0.5) is 10.7 Å². The van der Waals surface area contributed by atoms with Crippen LogP contribution in [-0.2, 0) is 6.54 Å². The van der Waals surface area contributed by atoms with Gasteiger partial charge in [0.15, 0.2) is 5.96 Å². The van der Waals surface area contributed by atoms with Crippen LogP contribution < -0.4 is 21.7 Å². The molecule has 144 valence electrons. The van der Waals surface area contributed by atoms with Crippen molar-refractivity contribution in [3.63, 3.8) is 0 Å². The molecule has 1 heterocycles. The summed E-state index contributed by atoms with van der Waals surface area (Å²) in [5, 5.41) is 2.63. The molecular weight excluding hydrogens is 344 g/mol. The number of aliphatic imine (C=N–C) groups is 1. The van der Waals surface area contributed by atoms with Crippen molar-refractivity contribution in [1.82, 2.24) is 20.2 Å². The molecule has 0 radical (unpaired) electrons. The molecule has 1 aromatic carbocycles. The van der Waals surface area contributed by atoms with Crippen molar-refractivity contribution in [2.24, 2.45) is 16.5 Å². The highest BCUT2D eigenvalue weighted by atomic mass is 16.2. The molecule has 0 spiro atoms. The summed E-state index contributed by atoms with van der Waals surface area (Å²) in [6.45, 7) is 2.09. The molecule has 0 saturated carbocycles. The van der Waals surface area contributed by atoms with Gasteiger partial charge < -0.3 is 26.6 Å². The van der Waals surface area contributed by atoms with Crippen LogP contribution in [-0.4, -0.2) is 61.1 Å². The third-order valence-electron chi connectivity index (χ3n) is 3.80. The van der Waals surface area contributed by atoms with Crippen LogP contribution >= 0.6 is 0 Å². The zero-order valence-corrected chi connectivity index (χ0v) is 15.9. The van der Waals surface area contributed by atoms with E-state index in [-0.39, 0.29) is 5.96 Å². The SMILES string of the molecule is CN(C)CCN(C)c1ncc(-c2cccc(CNC(=O)N=C(N)N)c2)cn1. The van der Waals surface area contributed by atoms with Gasteiger partial charge in [-0.15, -0.1) is 0 Å². The number of carbonyl (C=O) groups is 1. The van der Waals surface area contributed by atoms with E-state index >= 15 is 0 Å². The van der Waals surface area contributed by atoms with Crippen LogP contribution in [0.2, 0.25) is 0 Å². The van der Waals surface area contributed by atoms with E-state index in [1.807, 2.05) is 50.3 Å². The first-order valence-corrected chi connectivity index (χ1v) is 8.50. The third kappa shape index (κ3) is 6.55. The number of aromatic nitrogens is 2. The van der Waals surface area contributed by atoms with Gasteiger partial charge in [-0.25, -0.2) is 14.8 Å². The molecule has 0 fully saturated rings. The number of nitrogens with one attached hydrogen (secondary N) is 1. The number of likely N-dealkylation sites (N-methyl/N-ethyl adjacent to an activating group) is 2. The van der Waals surface area contributed by atoms with Gasteiger partial charge in [0.2, 0.25) is 5.95 Å². The van der Waals surface area contributed by atoms with Gasteiger partial charge in [-0.1, -0.05) is 18.2 Å². The van der Waals surface area contributed by atoms with Gasteiger partial charge in [-0.05, 0) is 31.3 Å². The fraction of sp³-hybridized carbons (Fsp3) is 0.333. The predicted molar refractivity (Wildman–Crippen MR) is 107 cm³/mol. The van der Waals surface area contributed by atoms with Crippen LogP contribution in [0.3, 0.4) is 0 Å². The Hall–Kier alpha value is -3.20. The lowest BCUT2D eigenvalue weighted by Gasteiger charge is -2.19. The second-order valence-corrected chi connectivity index (χ2v) is 6.39. The smallest absolute Gasteiger partial charge is 0.344 e. The summed E-state index contributed by atoms with van der Waals surface area (Å²) in [6, 6.07) is 7.17. The van der Waals surface area contributed by atoms with Crippen LogP contribution in [0.15, 0.2) is 41.7 Å². The average molecular weight is 370 g/mol. The molecular formula is C18H26N8O. The largest absolute Gasteiger partial charge is 0.370 e. The van der Waals surface area contributed by atoms with E-state index in [1.165, 1.54) is 0 Å². The van der Waals surface area contributed by atoms with E-state index in [4.69, 9.17) is 11.5 Å². The predicted octanol–water partition coefficient (Wildman–Crippen LogP) is 0.624. The minimum atomic E-state index is -0.575. The van der Waals surface area contributed by atoms with Gasteiger partial charge >= 0.3 is 6.03 Å². The Morgan fingerprint density at radius 1 is 1.11 bits per heavy atom. The number of anilines is 1. The lowest BCUT2D eigenvalue weighted by atomic mass is 10.1. The van der Waals surface area contributed by atoms with Crippen molar-refractivity contribution in [3.05, 3.63) is 42.2 Å². The molecule has 0 saturated heterocycles. The molecule has 2 rings (SSSR count). The average Bonchev–Trinajstić information content (AvgIpc) is 2.64. The molecule has 0 atom stereocenters. The molecule has 0 aliphatic heterocycles. The topological polar surface area (TPSA) is 126 Å². The Labute approximate surface area is 159 Å². The van der Waals surface area contributed by atoms with Gasteiger partial charge in [0.25, 0.3) is 0 Å². The number of amides is 2. The minimum absolute atomic E-state index is 0.269. The molecule has 0 aliphatic rings. The zero-order chi connectivity index (χ0) is 19.8.